The van der Waals surface area contributed by atoms with Gasteiger partial charge >= 0.3 is 6.61 Å². The summed E-state index contributed by atoms with van der Waals surface area (Å²) in [5, 5.41) is 3.38. The maximum absolute atomic E-state index is 12.1. The minimum atomic E-state index is -2.79. The highest BCUT2D eigenvalue weighted by molar-refractivity contribution is 5.47. The van der Waals surface area contributed by atoms with Crippen molar-refractivity contribution < 1.29 is 13.5 Å². The Kier molecular flexibility index (Phi) is 5.14. The summed E-state index contributed by atoms with van der Waals surface area (Å²) in [7, 11) is 0. The van der Waals surface area contributed by atoms with E-state index in [0.29, 0.717) is 0 Å². The maximum Gasteiger partial charge on any atom is 0.387 e. The van der Waals surface area contributed by atoms with Crippen LogP contribution in [-0.4, -0.2) is 6.61 Å². The van der Waals surface area contributed by atoms with Crippen LogP contribution in [-0.2, 0) is 6.42 Å². The third-order valence-corrected chi connectivity index (χ3v) is 3.35. The van der Waals surface area contributed by atoms with Gasteiger partial charge in [-0.2, -0.15) is 8.78 Å². The van der Waals surface area contributed by atoms with Gasteiger partial charge in [0.05, 0.1) is 0 Å². The SMILES string of the molecule is CCc1ccc(NC(C)c2ccc(OC(F)F)cc2)cc1. The molecule has 0 fully saturated rings. The lowest BCUT2D eigenvalue weighted by atomic mass is 10.1. The maximum atomic E-state index is 12.1. The summed E-state index contributed by atoms with van der Waals surface area (Å²) in [6, 6.07) is 15.0. The molecule has 0 amide bonds. The highest BCUT2D eigenvalue weighted by Gasteiger charge is 2.07. The molecule has 2 nitrogen and oxygen atoms in total. The van der Waals surface area contributed by atoms with Crippen molar-refractivity contribution in [3.63, 3.8) is 0 Å². The van der Waals surface area contributed by atoms with Crippen molar-refractivity contribution in [2.45, 2.75) is 32.9 Å². The number of benzene rings is 2. The number of nitrogens with one attached hydrogen (secondary N) is 1. The van der Waals surface area contributed by atoms with Gasteiger partial charge in [0, 0.05) is 11.7 Å². The topological polar surface area (TPSA) is 21.3 Å². The zero-order valence-electron chi connectivity index (χ0n) is 12.1. The second-order valence-electron chi connectivity index (χ2n) is 4.86. The first-order chi connectivity index (χ1) is 10.1. The van der Waals surface area contributed by atoms with Crippen LogP contribution in [0.5, 0.6) is 5.75 Å². The molecule has 0 spiro atoms. The van der Waals surface area contributed by atoms with E-state index in [4.69, 9.17) is 0 Å². The molecular weight excluding hydrogens is 272 g/mol. The summed E-state index contributed by atoms with van der Waals surface area (Å²) in [6.07, 6.45) is 1.02. The molecule has 1 atom stereocenters. The lowest BCUT2D eigenvalue weighted by molar-refractivity contribution is -0.0498. The first-order valence-electron chi connectivity index (χ1n) is 6.98. The van der Waals surface area contributed by atoms with Gasteiger partial charge in [0.2, 0.25) is 0 Å². The van der Waals surface area contributed by atoms with Crippen LogP contribution >= 0.6 is 0 Å². The van der Waals surface area contributed by atoms with Crippen molar-refractivity contribution in [3.05, 3.63) is 59.7 Å². The van der Waals surface area contributed by atoms with E-state index in [1.165, 1.54) is 5.56 Å². The summed E-state index contributed by atoms with van der Waals surface area (Å²) < 4.78 is 28.5. The minimum Gasteiger partial charge on any atom is -0.435 e. The first kappa shape index (κ1) is 15.3. The van der Waals surface area contributed by atoms with Crippen molar-refractivity contribution in [2.24, 2.45) is 0 Å². The molecule has 0 aliphatic carbocycles. The molecule has 0 heterocycles. The minimum absolute atomic E-state index is 0.0816. The zero-order chi connectivity index (χ0) is 15.2. The molecule has 1 unspecified atom stereocenters. The molecule has 4 heteroatoms. The molecule has 0 aliphatic heterocycles. The third-order valence-electron chi connectivity index (χ3n) is 3.35. The highest BCUT2D eigenvalue weighted by Crippen LogP contribution is 2.22. The Morgan fingerprint density at radius 3 is 2.14 bits per heavy atom. The van der Waals surface area contributed by atoms with Crippen molar-refractivity contribution in [1.82, 2.24) is 0 Å². The number of aryl methyl sites for hydroxylation is 1. The number of hydrogen-bond acceptors (Lipinski definition) is 2. The molecule has 2 rings (SSSR count). The third kappa shape index (κ3) is 4.45. The largest absolute Gasteiger partial charge is 0.435 e. The Balaban J connectivity index is 2.00. The van der Waals surface area contributed by atoms with Crippen LogP contribution < -0.4 is 10.1 Å². The van der Waals surface area contributed by atoms with Crippen LogP contribution in [0.2, 0.25) is 0 Å². The van der Waals surface area contributed by atoms with Gasteiger partial charge in [0.1, 0.15) is 5.75 Å². The Labute approximate surface area is 123 Å². The number of anilines is 1. The van der Waals surface area contributed by atoms with E-state index >= 15 is 0 Å². The lowest BCUT2D eigenvalue weighted by Gasteiger charge is -2.16. The van der Waals surface area contributed by atoms with Crippen LogP contribution in [0.4, 0.5) is 14.5 Å². The number of hydrogen-bond donors (Lipinski definition) is 1. The molecule has 1 N–H and O–H groups in total. The number of ether oxygens (including phenoxy) is 1. The van der Waals surface area contributed by atoms with Gasteiger partial charge in [-0.25, -0.2) is 0 Å². The smallest absolute Gasteiger partial charge is 0.387 e. The van der Waals surface area contributed by atoms with Crippen molar-refractivity contribution in [3.8, 4) is 5.75 Å². The van der Waals surface area contributed by atoms with E-state index in [9.17, 15) is 8.78 Å². The van der Waals surface area contributed by atoms with Crippen LogP contribution in [0.25, 0.3) is 0 Å². The molecule has 0 saturated carbocycles. The lowest BCUT2D eigenvalue weighted by Crippen LogP contribution is -2.07. The summed E-state index contributed by atoms with van der Waals surface area (Å²) in [6.45, 7) is 1.36. The van der Waals surface area contributed by atoms with Crippen LogP contribution in [0.15, 0.2) is 48.5 Å². The van der Waals surface area contributed by atoms with Crippen LogP contribution in [0, 0.1) is 0 Å². The average Bonchev–Trinajstić information content (AvgIpc) is 2.48. The van der Waals surface area contributed by atoms with E-state index in [-0.39, 0.29) is 11.8 Å². The Bertz CT molecular complexity index is 552. The van der Waals surface area contributed by atoms with E-state index in [0.717, 1.165) is 17.7 Å². The fraction of sp³-hybridized carbons (Fsp3) is 0.294. The normalized spacial score (nSPS) is 12.2. The zero-order valence-corrected chi connectivity index (χ0v) is 12.1. The fourth-order valence-electron chi connectivity index (χ4n) is 2.11. The highest BCUT2D eigenvalue weighted by atomic mass is 19.3. The molecule has 112 valence electrons. The molecule has 0 saturated heterocycles. The van der Waals surface area contributed by atoms with Gasteiger partial charge in [-0.1, -0.05) is 31.2 Å². The summed E-state index contributed by atoms with van der Waals surface area (Å²) >= 11 is 0. The van der Waals surface area contributed by atoms with Gasteiger partial charge < -0.3 is 10.1 Å². The Morgan fingerprint density at radius 2 is 1.62 bits per heavy atom. The predicted molar refractivity (Wildman–Crippen MR) is 80.9 cm³/mol. The van der Waals surface area contributed by atoms with E-state index in [1.807, 2.05) is 19.1 Å². The second-order valence-corrected chi connectivity index (χ2v) is 4.86. The Morgan fingerprint density at radius 1 is 1.00 bits per heavy atom. The van der Waals surface area contributed by atoms with Crippen molar-refractivity contribution in [1.29, 1.82) is 0 Å². The van der Waals surface area contributed by atoms with E-state index < -0.39 is 6.61 Å². The van der Waals surface area contributed by atoms with Gasteiger partial charge in [-0.3, -0.25) is 0 Å². The van der Waals surface area contributed by atoms with E-state index in [2.05, 4.69) is 29.1 Å². The van der Waals surface area contributed by atoms with Crippen molar-refractivity contribution in [2.75, 3.05) is 5.32 Å². The first-order valence-corrected chi connectivity index (χ1v) is 6.98. The monoisotopic (exact) mass is 291 g/mol. The summed E-state index contributed by atoms with van der Waals surface area (Å²) in [5.74, 6) is 0.174. The Hall–Kier alpha value is -2.10. The second kappa shape index (κ2) is 7.07. The van der Waals surface area contributed by atoms with Gasteiger partial charge in [0.25, 0.3) is 0 Å². The molecule has 21 heavy (non-hydrogen) atoms. The molecule has 0 aliphatic rings. The molecule has 2 aromatic carbocycles. The van der Waals surface area contributed by atoms with E-state index in [1.54, 1.807) is 24.3 Å². The summed E-state index contributed by atoms with van der Waals surface area (Å²) in [5.41, 5.74) is 3.34. The molecule has 2 aromatic rings. The number of halogens is 2. The van der Waals surface area contributed by atoms with Crippen molar-refractivity contribution >= 4 is 5.69 Å². The van der Waals surface area contributed by atoms with Gasteiger partial charge in [-0.05, 0) is 48.7 Å². The summed E-state index contributed by atoms with van der Waals surface area (Å²) in [4.78, 5) is 0. The molecular formula is C17H19F2NO. The van der Waals surface area contributed by atoms with Gasteiger partial charge in [0.15, 0.2) is 0 Å². The number of alkyl halides is 2. The fourth-order valence-corrected chi connectivity index (χ4v) is 2.11. The predicted octanol–water partition coefficient (Wildman–Crippen LogP) is 5.02. The quantitative estimate of drug-likeness (QED) is 0.806. The van der Waals surface area contributed by atoms with Crippen LogP contribution in [0.3, 0.4) is 0 Å². The number of rotatable bonds is 6. The van der Waals surface area contributed by atoms with Gasteiger partial charge in [-0.15, -0.1) is 0 Å². The average molecular weight is 291 g/mol. The standard InChI is InChI=1S/C17H19F2NO/c1-3-13-4-8-15(9-5-13)20-12(2)14-6-10-16(11-7-14)21-17(18)19/h4-12,17,20H,3H2,1-2H3. The molecule has 0 radical (unpaired) electrons. The molecule has 0 bridgehead atoms. The van der Waals surface area contributed by atoms with Crippen LogP contribution in [0.1, 0.15) is 31.0 Å². The molecule has 0 aromatic heterocycles.